The fourth-order valence-corrected chi connectivity index (χ4v) is 3.96. The second kappa shape index (κ2) is 9.22. The number of aromatic nitrogens is 2. The maximum atomic E-state index is 4.92. The summed E-state index contributed by atoms with van der Waals surface area (Å²) in [5.74, 6) is 1.66. The number of rotatable bonds is 5. The minimum absolute atomic E-state index is 0.572. The number of aryl methyl sites for hydroxylation is 1. The van der Waals surface area contributed by atoms with E-state index in [1.165, 1.54) is 50.8 Å². The molecule has 25 heavy (non-hydrogen) atoms. The summed E-state index contributed by atoms with van der Waals surface area (Å²) in [6.07, 6.45) is 10.8. The predicted molar refractivity (Wildman–Crippen MR) is 103 cm³/mol. The third-order valence-electron chi connectivity index (χ3n) is 5.40. The third kappa shape index (κ3) is 5.21. The molecule has 2 aliphatic heterocycles. The zero-order chi connectivity index (χ0) is 17.5. The molecule has 3 heterocycles. The van der Waals surface area contributed by atoms with Crippen LogP contribution in [0.4, 0.5) is 0 Å². The van der Waals surface area contributed by atoms with Crippen LogP contribution in [0.2, 0.25) is 0 Å². The summed E-state index contributed by atoms with van der Waals surface area (Å²) in [6, 6.07) is 0. The van der Waals surface area contributed by atoms with Crippen molar-refractivity contribution in [1.82, 2.24) is 24.9 Å². The number of hydrogen-bond acceptors (Lipinski definition) is 3. The van der Waals surface area contributed by atoms with Gasteiger partial charge in [-0.1, -0.05) is 12.8 Å². The molecular formula is C19H34N6. The Morgan fingerprint density at radius 3 is 2.72 bits per heavy atom. The van der Waals surface area contributed by atoms with Gasteiger partial charge in [0.2, 0.25) is 0 Å². The molecule has 0 aliphatic carbocycles. The SMILES string of the molecule is CCNC(=NCCN1CCCCCC1)N1CCC(c2cnn(C)c2)C1. The van der Waals surface area contributed by atoms with Crippen molar-refractivity contribution in [2.45, 2.75) is 44.9 Å². The van der Waals surface area contributed by atoms with E-state index in [9.17, 15) is 0 Å². The molecule has 2 aliphatic rings. The number of nitrogens with one attached hydrogen (secondary N) is 1. The molecule has 2 saturated heterocycles. The first-order chi connectivity index (χ1) is 12.3. The van der Waals surface area contributed by atoms with Crippen molar-refractivity contribution in [3.63, 3.8) is 0 Å². The van der Waals surface area contributed by atoms with E-state index in [0.717, 1.165) is 38.7 Å². The summed E-state index contributed by atoms with van der Waals surface area (Å²) in [6.45, 7) is 9.69. The molecule has 2 fully saturated rings. The Hall–Kier alpha value is -1.56. The molecule has 1 aromatic heterocycles. The van der Waals surface area contributed by atoms with Crippen LogP contribution in [-0.2, 0) is 7.05 Å². The first kappa shape index (κ1) is 18.2. The molecule has 0 amide bonds. The van der Waals surface area contributed by atoms with E-state index in [1.807, 2.05) is 17.9 Å². The van der Waals surface area contributed by atoms with Crippen molar-refractivity contribution in [1.29, 1.82) is 0 Å². The molecule has 0 spiro atoms. The highest BCUT2D eigenvalue weighted by atomic mass is 15.3. The Kier molecular flexibility index (Phi) is 6.73. The quantitative estimate of drug-likeness (QED) is 0.655. The second-order valence-electron chi connectivity index (χ2n) is 7.37. The van der Waals surface area contributed by atoms with Crippen molar-refractivity contribution in [2.75, 3.05) is 45.8 Å². The van der Waals surface area contributed by atoms with E-state index in [2.05, 4.69) is 33.3 Å². The molecule has 140 valence electrons. The van der Waals surface area contributed by atoms with Crippen LogP contribution in [0.15, 0.2) is 17.4 Å². The largest absolute Gasteiger partial charge is 0.357 e. The van der Waals surface area contributed by atoms with Crippen LogP contribution < -0.4 is 5.32 Å². The number of hydrogen-bond donors (Lipinski definition) is 1. The summed E-state index contributed by atoms with van der Waals surface area (Å²) >= 11 is 0. The van der Waals surface area contributed by atoms with Crippen molar-refractivity contribution < 1.29 is 0 Å². The van der Waals surface area contributed by atoms with Gasteiger partial charge in [-0.25, -0.2) is 0 Å². The van der Waals surface area contributed by atoms with E-state index in [4.69, 9.17) is 4.99 Å². The van der Waals surface area contributed by atoms with Gasteiger partial charge in [0.15, 0.2) is 5.96 Å². The van der Waals surface area contributed by atoms with E-state index in [0.29, 0.717) is 5.92 Å². The van der Waals surface area contributed by atoms with E-state index in [1.54, 1.807) is 0 Å². The molecule has 1 atom stereocenters. The molecule has 0 radical (unpaired) electrons. The molecule has 1 aromatic rings. The maximum absolute atomic E-state index is 4.92. The lowest BCUT2D eigenvalue weighted by Gasteiger charge is -2.23. The van der Waals surface area contributed by atoms with Gasteiger partial charge in [-0.15, -0.1) is 0 Å². The number of nitrogens with zero attached hydrogens (tertiary/aromatic N) is 5. The molecule has 0 aromatic carbocycles. The fraction of sp³-hybridized carbons (Fsp3) is 0.789. The van der Waals surface area contributed by atoms with Gasteiger partial charge >= 0.3 is 0 Å². The summed E-state index contributed by atoms with van der Waals surface area (Å²) in [5, 5.41) is 7.81. The third-order valence-corrected chi connectivity index (χ3v) is 5.40. The monoisotopic (exact) mass is 346 g/mol. The lowest BCUT2D eigenvalue weighted by Crippen LogP contribution is -2.40. The Morgan fingerprint density at radius 1 is 1.24 bits per heavy atom. The van der Waals surface area contributed by atoms with Crippen molar-refractivity contribution >= 4 is 5.96 Å². The van der Waals surface area contributed by atoms with Crippen LogP contribution in [-0.4, -0.2) is 71.4 Å². The summed E-state index contributed by atoms with van der Waals surface area (Å²) < 4.78 is 1.90. The van der Waals surface area contributed by atoms with Crippen LogP contribution >= 0.6 is 0 Å². The summed E-state index contributed by atoms with van der Waals surface area (Å²) in [5.41, 5.74) is 1.35. The average molecular weight is 347 g/mol. The standard InChI is InChI=1S/C19H34N6/c1-3-20-19(21-9-13-24-10-6-4-5-7-11-24)25-12-8-17(16-25)18-14-22-23(2)15-18/h14-15,17H,3-13,16H2,1-2H3,(H,20,21). The topological polar surface area (TPSA) is 48.7 Å². The van der Waals surface area contributed by atoms with Gasteiger partial charge < -0.3 is 15.1 Å². The molecule has 0 saturated carbocycles. The Labute approximate surface area is 152 Å². The first-order valence-corrected chi connectivity index (χ1v) is 10.0. The van der Waals surface area contributed by atoms with Gasteiger partial charge in [-0.05, 0) is 44.8 Å². The van der Waals surface area contributed by atoms with E-state index >= 15 is 0 Å². The lowest BCUT2D eigenvalue weighted by atomic mass is 10.0. The van der Waals surface area contributed by atoms with Gasteiger partial charge in [-0.3, -0.25) is 9.67 Å². The zero-order valence-corrected chi connectivity index (χ0v) is 16.0. The van der Waals surface area contributed by atoms with Gasteiger partial charge in [0.25, 0.3) is 0 Å². The summed E-state index contributed by atoms with van der Waals surface area (Å²) in [4.78, 5) is 9.93. The normalized spacial score (nSPS) is 23.0. The van der Waals surface area contributed by atoms with E-state index in [-0.39, 0.29) is 0 Å². The molecule has 0 bridgehead atoms. The van der Waals surface area contributed by atoms with Crippen molar-refractivity contribution in [3.8, 4) is 0 Å². The van der Waals surface area contributed by atoms with Gasteiger partial charge in [0.05, 0.1) is 12.7 Å². The second-order valence-corrected chi connectivity index (χ2v) is 7.37. The van der Waals surface area contributed by atoms with Crippen LogP contribution in [0.1, 0.15) is 50.5 Å². The van der Waals surface area contributed by atoms with Crippen molar-refractivity contribution in [2.24, 2.45) is 12.0 Å². The van der Waals surface area contributed by atoms with Gasteiger partial charge in [-0.2, -0.15) is 5.10 Å². The van der Waals surface area contributed by atoms with Gasteiger partial charge in [0, 0.05) is 45.3 Å². The number of likely N-dealkylation sites (tertiary alicyclic amines) is 2. The van der Waals surface area contributed by atoms with Crippen LogP contribution in [0.5, 0.6) is 0 Å². The first-order valence-electron chi connectivity index (χ1n) is 10.0. The highest BCUT2D eigenvalue weighted by molar-refractivity contribution is 5.80. The van der Waals surface area contributed by atoms with E-state index < -0.39 is 0 Å². The minimum atomic E-state index is 0.572. The molecule has 6 heteroatoms. The molecule has 1 unspecified atom stereocenters. The Morgan fingerprint density at radius 2 is 2.04 bits per heavy atom. The van der Waals surface area contributed by atoms with Crippen LogP contribution in [0, 0.1) is 0 Å². The van der Waals surface area contributed by atoms with Crippen LogP contribution in [0.25, 0.3) is 0 Å². The smallest absolute Gasteiger partial charge is 0.193 e. The Bertz CT molecular complexity index is 544. The number of guanidine groups is 1. The molecule has 6 nitrogen and oxygen atoms in total. The van der Waals surface area contributed by atoms with Crippen molar-refractivity contribution in [3.05, 3.63) is 18.0 Å². The summed E-state index contributed by atoms with van der Waals surface area (Å²) in [7, 11) is 1.99. The highest BCUT2D eigenvalue weighted by Gasteiger charge is 2.26. The zero-order valence-electron chi connectivity index (χ0n) is 16.0. The Balaban J connectivity index is 1.53. The number of aliphatic imine (C=N–C) groups is 1. The fourth-order valence-electron chi connectivity index (χ4n) is 3.96. The highest BCUT2D eigenvalue weighted by Crippen LogP contribution is 2.26. The molecule has 3 rings (SSSR count). The molecular weight excluding hydrogens is 312 g/mol. The maximum Gasteiger partial charge on any atom is 0.193 e. The lowest BCUT2D eigenvalue weighted by molar-refractivity contribution is 0.293. The van der Waals surface area contributed by atoms with Crippen LogP contribution in [0.3, 0.4) is 0 Å². The van der Waals surface area contributed by atoms with Gasteiger partial charge in [0.1, 0.15) is 0 Å². The molecule has 1 N–H and O–H groups in total. The minimum Gasteiger partial charge on any atom is -0.357 e. The predicted octanol–water partition coefficient (Wildman–Crippen LogP) is 2.05. The average Bonchev–Trinajstić information content (AvgIpc) is 3.18.